The summed E-state index contributed by atoms with van der Waals surface area (Å²) in [4.78, 5) is 2.27. The van der Waals surface area contributed by atoms with Crippen LogP contribution in [-0.2, 0) is 4.74 Å². The summed E-state index contributed by atoms with van der Waals surface area (Å²) < 4.78 is 10.8. The molecule has 2 atom stereocenters. The maximum absolute atomic E-state index is 10.4. The highest BCUT2D eigenvalue weighted by atomic mass is 35.5. The molecule has 1 heterocycles. The van der Waals surface area contributed by atoms with Crippen LogP contribution in [0.1, 0.15) is 18.6 Å². The lowest BCUT2D eigenvalue weighted by atomic mass is 10.0. The first-order valence-electron chi connectivity index (χ1n) is 6.51. The van der Waals surface area contributed by atoms with E-state index in [-0.39, 0.29) is 6.10 Å². The van der Waals surface area contributed by atoms with Crippen LogP contribution < -0.4 is 4.74 Å². The van der Waals surface area contributed by atoms with Crippen molar-refractivity contribution in [2.45, 2.75) is 19.1 Å². The van der Waals surface area contributed by atoms with Crippen molar-refractivity contribution in [3.05, 3.63) is 28.8 Å². The molecule has 1 aromatic carbocycles. The molecule has 0 spiro atoms. The van der Waals surface area contributed by atoms with Gasteiger partial charge in [0.15, 0.2) is 0 Å². The lowest BCUT2D eigenvalue weighted by molar-refractivity contribution is -0.0889. The largest absolute Gasteiger partial charge is 0.495 e. The monoisotopic (exact) mass is 285 g/mol. The molecule has 19 heavy (non-hydrogen) atoms. The van der Waals surface area contributed by atoms with Gasteiger partial charge in [-0.05, 0) is 24.2 Å². The first-order valence-corrected chi connectivity index (χ1v) is 6.89. The summed E-state index contributed by atoms with van der Waals surface area (Å²) in [7, 11) is 1.56. The standard InChI is InChI=1S/C14H20ClNO3/c1-3-16-6-7-19-13(9-16)14(17)10-4-5-11(15)12(8-10)18-2/h4-5,8,13-14,17H,3,6-7,9H2,1-2H3. The predicted octanol–water partition coefficient (Wildman–Crippen LogP) is 2.10. The molecule has 1 aliphatic heterocycles. The Bertz CT molecular complexity index is 427. The fraction of sp³-hybridized carbons (Fsp3) is 0.571. The van der Waals surface area contributed by atoms with E-state index < -0.39 is 6.10 Å². The number of aliphatic hydroxyl groups excluding tert-OH is 1. The Morgan fingerprint density at radius 2 is 2.37 bits per heavy atom. The second-order valence-electron chi connectivity index (χ2n) is 4.64. The van der Waals surface area contributed by atoms with Crippen LogP contribution in [0.4, 0.5) is 0 Å². The SMILES string of the molecule is CCN1CCOC(C(O)c2ccc(Cl)c(OC)c2)C1. The Morgan fingerprint density at radius 3 is 3.05 bits per heavy atom. The number of halogens is 1. The number of methoxy groups -OCH3 is 1. The van der Waals surface area contributed by atoms with Crippen molar-refractivity contribution in [3.8, 4) is 5.75 Å². The molecule has 0 saturated carbocycles. The first kappa shape index (κ1) is 14.6. The number of nitrogens with zero attached hydrogens (tertiary/aromatic N) is 1. The highest BCUT2D eigenvalue weighted by molar-refractivity contribution is 6.32. The minimum absolute atomic E-state index is 0.209. The molecule has 1 saturated heterocycles. The molecular weight excluding hydrogens is 266 g/mol. The number of aliphatic hydroxyl groups is 1. The summed E-state index contributed by atoms with van der Waals surface area (Å²) in [6.07, 6.45) is -0.875. The van der Waals surface area contributed by atoms with E-state index in [1.807, 2.05) is 6.07 Å². The maximum atomic E-state index is 10.4. The minimum atomic E-state index is -0.666. The fourth-order valence-electron chi connectivity index (χ4n) is 2.28. The van der Waals surface area contributed by atoms with Crippen LogP contribution in [0.15, 0.2) is 18.2 Å². The van der Waals surface area contributed by atoms with E-state index in [9.17, 15) is 5.11 Å². The molecule has 1 aliphatic rings. The Morgan fingerprint density at radius 1 is 1.58 bits per heavy atom. The summed E-state index contributed by atoms with van der Waals surface area (Å²) in [6.45, 7) is 5.39. The number of hydrogen-bond donors (Lipinski definition) is 1. The van der Waals surface area contributed by atoms with Gasteiger partial charge in [-0.15, -0.1) is 0 Å². The van der Waals surface area contributed by atoms with Gasteiger partial charge in [-0.3, -0.25) is 4.90 Å². The van der Waals surface area contributed by atoms with Crippen molar-refractivity contribution in [2.75, 3.05) is 33.4 Å². The average Bonchev–Trinajstić information content (AvgIpc) is 2.47. The van der Waals surface area contributed by atoms with Crippen LogP contribution in [0.3, 0.4) is 0 Å². The summed E-state index contributed by atoms with van der Waals surface area (Å²) in [5.74, 6) is 0.571. The van der Waals surface area contributed by atoms with E-state index in [1.165, 1.54) is 0 Å². The zero-order valence-corrected chi connectivity index (χ0v) is 12.1. The highest BCUT2D eigenvalue weighted by Gasteiger charge is 2.27. The number of benzene rings is 1. The van der Waals surface area contributed by atoms with Gasteiger partial charge < -0.3 is 14.6 Å². The maximum Gasteiger partial charge on any atom is 0.137 e. The number of rotatable bonds is 4. The van der Waals surface area contributed by atoms with Crippen LogP contribution in [0, 0.1) is 0 Å². The van der Waals surface area contributed by atoms with Gasteiger partial charge in [-0.25, -0.2) is 0 Å². The highest BCUT2D eigenvalue weighted by Crippen LogP contribution is 2.30. The van der Waals surface area contributed by atoms with E-state index in [4.69, 9.17) is 21.1 Å². The molecular formula is C14H20ClNO3. The Kier molecular flexibility index (Phi) is 5.05. The number of morpholine rings is 1. The van der Waals surface area contributed by atoms with Gasteiger partial charge in [0.25, 0.3) is 0 Å². The topological polar surface area (TPSA) is 41.9 Å². The van der Waals surface area contributed by atoms with Gasteiger partial charge in [0.2, 0.25) is 0 Å². The van der Waals surface area contributed by atoms with Gasteiger partial charge in [0.1, 0.15) is 18.0 Å². The van der Waals surface area contributed by atoms with E-state index in [1.54, 1.807) is 19.2 Å². The molecule has 0 radical (unpaired) electrons. The smallest absolute Gasteiger partial charge is 0.137 e. The van der Waals surface area contributed by atoms with E-state index in [0.29, 0.717) is 17.4 Å². The van der Waals surface area contributed by atoms with Crippen molar-refractivity contribution in [3.63, 3.8) is 0 Å². The molecule has 1 N–H and O–H groups in total. The van der Waals surface area contributed by atoms with Gasteiger partial charge in [-0.2, -0.15) is 0 Å². The van der Waals surface area contributed by atoms with E-state index >= 15 is 0 Å². The van der Waals surface area contributed by atoms with Crippen molar-refractivity contribution >= 4 is 11.6 Å². The van der Waals surface area contributed by atoms with Gasteiger partial charge >= 0.3 is 0 Å². The van der Waals surface area contributed by atoms with E-state index in [2.05, 4.69) is 11.8 Å². The third-order valence-corrected chi connectivity index (χ3v) is 3.81. The Labute approximate surface area is 118 Å². The summed E-state index contributed by atoms with van der Waals surface area (Å²) in [5.41, 5.74) is 0.768. The quantitative estimate of drug-likeness (QED) is 0.920. The third-order valence-electron chi connectivity index (χ3n) is 3.49. The Hall–Kier alpha value is -0.810. The zero-order valence-electron chi connectivity index (χ0n) is 11.3. The zero-order chi connectivity index (χ0) is 13.8. The van der Waals surface area contributed by atoms with Gasteiger partial charge in [0, 0.05) is 13.1 Å². The molecule has 0 aliphatic carbocycles. The van der Waals surface area contributed by atoms with Crippen LogP contribution >= 0.6 is 11.6 Å². The molecule has 1 aromatic rings. The van der Waals surface area contributed by atoms with Crippen LogP contribution in [-0.4, -0.2) is 49.5 Å². The van der Waals surface area contributed by atoms with Crippen LogP contribution in [0.2, 0.25) is 5.02 Å². The van der Waals surface area contributed by atoms with E-state index in [0.717, 1.165) is 25.2 Å². The summed E-state index contributed by atoms with van der Waals surface area (Å²) in [6, 6.07) is 5.31. The molecule has 4 nitrogen and oxygen atoms in total. The van der Waals surface area contributed by atoms with Crippen molar-refractivity contribution in [1.29, 1.82) is 0 Å². The van der Waals surface area contributed by atoms with Crippen molar-refractivity contribution in [2.24, 2.45) is 0 Å². The summed E-state index contributed by atoms with van der Waals surface area (Å²) in [5, 5.41) is 11.0. The molecule has 2 unspecified atom stereocenters. The molecule has 1 fully saturated rings. The molecule has 0 amide bonds. The van der Waals surface area contributed by atoms with Gasteiger partial charge in [-0.1, -0.05) is 24.6 Å². The average molecular weight is 286 g/mol. The predicted molar refractivity (Wildman–Crippen MR) is 74.8 cm³/mol. The molecule has 0 bridgehead atoms. The molecule has 5 heteroatoms. The Balaban J connectivity index is 2.12. The number of ether oxygens (including phenoxy) is 2. The van der Waals surface area contributed by atoms with Crippen molar-refractivity contribution in [1.82, 2.24) is 4.90 Å². The van der Waals surface area contributed by atoms with Crippen molar-refractivity contribution < 1.29 is 14.6 Å². The first-order chi connectivity index (χ1) is 9.15. The normalized spacial score (nSPS) is 22.2. The fourth-order valence-corrected chi connectivity index (χ4v) is 2.48. The van der Waals surface area contributed by atoms with Crippen LogP contribution in [0.5, 0.6) is 5.75 Å². The second kappa shape index (κ2) is 6.57. The van der Waals surface area contributed by atoms with Gasteiger partial charge in [0.05, 0.1) is 18.7 Å². The molecule has 2 rings (SSSR count). The molecule has 0 aromatic heterocycles. The second-order valence-corrected chi connectivity index (χ2v) is 5.05. The third kappa shape index (κ3) is 3.39. The lowest BCUT2D eigenvalue weighted by Crippen LogP contribution is -2.44. The number of hydrogen-bond acceptors (Lipinski definition) is 4. The lowest BCUT2D eigenvalue weighted by Gasteiger charge is -2.34. The molecule has 106 valence electrons. The van der Waals surface area contributed by atoms with Crippen LogP contribution in [0.25, 0.3) is 0 Å². The summed E-state index contributed by atoms with van der Waals surface area (Å²) >= 11 is 5.99. The number of likely N-dealkylation sites (N-methyl/N-ethyl adjacent to an activating group) is 1. The minimum Gasteiger partial charge on any atom is -0.495 e.